The second kappa shape index (κ2) is 17.8. The van der Waals surface area contributed by atoms with Gasteiger partial charge in [0.2, 0.25) is 27.7 Å². The first-order chi connectivity index (χ1) is 25.4. The number of nitrogens with zero attached hydrogens (tertiary/aromatic N) is 3. The van der Waals surface area contributed by atoms with Crippen LogP contribution >= 0.6 is 12.4 Å². The maximum atomic E-state index is 14.4. The summed E-state index contributed by atoms with van der Waals surface area (Å²) in [6.45, 7) is 1.78. The van der Waals surface area contributed by atoms with E-state index in [1.54, 1.807) is 36.4 Å². The number of piperidine rings is 1. The van der Waals surface area contributed by atoms with Crippen molar-refractivity contribution < 1.29 is 31.2 Å². The second-order valence-corrected chi connectivity index (χ2v) is 15.3. The van der Waals surface area contributed by atoms with Gasteiger partial charge in [-0.25, -0.2) is 13.1 Å². The minimum Gasteiger partial charge on any atom is -0.344 e. The Bertz CT molecular complexity index is 1970. The Balaban J connectivity index is 0.00000561. The van der Waals surface area contributed by atoms with E-state index in [1.165, 1.54) is 18.2 Å². The molecule has 1 aliphatic carbocycles. The summed E-state index contributed by atoms with van der Waals surface area (Å²) in [7, 11) is -4.19. The van der Waals surface area contributed by atoms with Gasteiger partial charge in [0.1, 0.15) is 6.04 Å². The molecular weight excluding hydrogens is 747 g/mol. The molecule has 2 heterocycles. The second-order valence-electron chi connectivity index (χ2n) is 13.6. The summed E-state index contributed by atoms with van der Waals surface area (Å²) >= 11 is 0. The van der Waals surface area contributed by atoms with E-state index in [0.29, 0.717) is 79.9 Å². The van der Waals surface area contributed by atoms with Crippen molar-refractivity contribution in [2.24, 2.45) is 17.6 Å². The Hall–Kier alpha value is -4.42. The monoisotopic (exact) mass is 789 g/mol. The number of carbonyl (C=O) groups is 2. The molecule has 2 aliphatic rings. The third kappa shape index (κ3) is 10.2. The predicted molar refractivity (Wildman–Crippen MR) is 199 cm³/mol. The lowest BCUT2D eigenvalue weighted by Crippen LogP contribution is -2.48. The number of carbonyl (C=O) groups excluding carboxylic acids is 2. The van der Waals surface area contributed by atoms with Crippen LogP contribution in [0.5, 0.6) is 0 Å². The van der Waals surface area contributed by atoms with E-state index in [0.717, 1.165) is 18.9 Å². The lowest BCUT2D eigenvalue weighted by Gasteiger charge is -2.28. The van der Waals surface area contributed by atoms with Gasteiger partial charge in [-0.2, -0.15) is 18.4 Å². The first kappa shape index (κ1) is 40.8. The van der Waals surface area contributed by atoms with Crippen molar-refractivity contribution in [3.05, 3.63) is 77.9 Å². The van der Waals surface area contributed by atoms with Crippen molar-refractivity contribution in [3.63, 3.8) is 0 Å². The SMILES string of the molecule is Cl.NCC1CCC(C(=O)N[C@@H](Cc2ccc(-c3ccc(S(=O)(=O)NC4CCNCC4)cc3C(F)(F)F)cc2)C(=O)Nc2ccc(-c3nn[nH]n3)cc2)CC1. The highest BCUT2D eigenvalue weighted by atomic mass is 35.5. The number of aromatic nitrogens is 4. The fourth-order valence-electron chi connectivity index (χ4n) is 6.84. The average molecular weight is 790 g/mol. The van der Waals surface area contributed by atoms with Gasteiger partial charge in [-0.1, -0.05) is 30.3 Å². The van der Waals surface area contributed by atoms with Crippen molar-refractivity contribution in [1.82, 2.24) is 36.0 Å². The summed E-state index contributed by atoms with van der Waals surface area (Å²) in [6, 6.07) is 14.6. The zero-order valence-electron chi connectivity index (χ0n) is 29.2. The molecule has 1 aromatic heterocycles. The summed E-state index contributed by atoms with van der Waals surface area (Å²) in [5.41, 5.74) is 6.49. The summed E-state index contributed by atoms with van der Waals surface area (Å²) in [5, 5.41) is 22.7. The highest BCUT2D eigenvalue weighted by Crippen LogP contribution is 2.39. The fourth-order valence-corrected chi connectivity index (χ4v) is 8.17. The Morgan fingerprint density at radius 3 is 2.19 bits per heavy atom. The number of hydrogen-bond acceptors (Lipinski definition) is 9. The molecule has 18 heteroatoms. The third-order valence-corrected chi connectivity index (χ3v) is 11.4. The van der Waals surface area contributed by atoms with E-state index >= 15 is 0 Å². The average Bonchev–Trinajstić information content (AvgIpc) is 3.70. The van der Waals surface area contributed by atoms with Crippen LogP contribution in [0.3, 0.4) is 0 Å². The first-order valence-corrected chi connectivity index (χ1v) is 19.1. The van der Waals surface area contributed by atoms with Crippen molar-refractivity contribution in [2.75, 3.05) is 25.0 Å². The van der Waals surface area contributed by atoms with Gasteiger partial charge in [-0.15, -0.1) is 22.6 Å². The van der Waals surface area contributed by atoms with E-state index in [9.17, 15) is 31.2 Å². The minimum atomic E-state index is -4.84. The standard InChI is InChI=1S/C36H42F3N9O4S.ClH/c37-36(38,39)31-20-29(53(51,52)46-28-15-17-41-18-16-28)13-14-30(31)24-5-1-22(2-6-24)19-32(43-34(49)26-7-3-23(21-40)4-8-26)35(50)42-27-11-9-25(10-12-27)33-44-47-48-45-33;/h1-2,5-6,9-14,20,23,26,28,32,41,46H,3-4,7-8,15-19,21,40H2,(H,42,50)(H,43,49)(H,44,45,47,48);1H/t23?,26?,32-;/m0./s1. The van der Waals surface area contributed by atoms with Gasteiger partial charge in [0, 0.05) is 29.6 Å². The molecule has 0 radical (unpaired) electrons. The van der Waals surface area contributed by atoms with E-state index in [-0.39, 0.29) is 47.8 Å². The van der Waals surface area contributed by atoms with Crippen molar-refractivity contribution in [3.8, 4) is 22.5 Å². The number of alkyl halides is 3. The molecule has 13 nitrogen and oxygen atoms in total. The van der Waals surface area contributed by atoms with Crippen molar-refractivity contribution in [1.29, 1.82) is 0 Å². The normalized spacial score (nSPS) is 18.7. The Labute approximate surface area is 317 Å². The Morgan fingerprint density at radius 2 is 1.57 bits per heavy atom. The van der Waals surface area contributed by atoms with Gasteiger partial charge in [-0.3, -0.25) is 9.59 Å². The molecule has 7 N–H and O–H groups in total. The molecule has 0 spiro atoms. The van der Waals surface area contributed by atoms with Crippen molar-refractivity contribution in [2.45, 2.75) is 68.1 Å². The van der Waals surface area contributed by atoms with Crippen LogP contribution in [0.1, 0.15) is 49.7 Å². The number of sulfonamides is 1. The van der Waals surface area contributed by atoms with Gasteiger partial charge in [0.25, 0.3) is 0 Å². The van der Waals surface area contributed by atoms with E-state index < -0.39 is 38.6 Å². The largest absolute Gasteiger partial charge is 0.417 e. The summed E-state index contributed by atoms with van der Waals surface area (Å²) in [5.74, 6) is -0.244. The van der Waals surface area contributed by atoms with Crippen LogP contribution in [0.4, 0.5) is 18.9 Å². The number of anilines is 1. The molecule has 4 aromatic rings. The van der Waals surface area contributed by atoms with Crippen LogP contribution in [0.15, 0.2) is 71.6 Å². The highest BCUT2D eigenvalue weighted by molar-refractivity contribution is 7.89. The number of tetrazole rings is 1. The van der Waals surface area contributed by atoms with Crippen LogP contribution in [0.2, 0.25) is 0 Å². The van der Waals surface area contributed by atoms with Crippen LogP contribution in [0.25, 0.3) is 22.5 Å². The van der Waals surface area contributed by atoms with Gasteiger partial charge in [0.15, 0.2) is 0 Å². The highest BCUT2D eigenvalue weighted by Gasteiger charge is 2.36. The molecule has 54 heavy (non-hydrogen) atoms. The smallest absolute Gasteiger partial charge is 0.344 e. The molecule has 1 saturated heterocycles. The molecule has 6 rings (SSSR count). The first-order valence-electron chi connectivity index (χ1n) is 17.6. The molecule has 290 valence electrons. The van der Waals surface area contributed by atoms with Crippen LogP contribution < -0.4 is 26.4 Å². The number of aromatic amines is 1. The molecule has 2 amide bonds. The van der Waals surface area contributed by atoms with Gasteiger partial charge in [0.05, 0.1) is 10.5 Å². The molecule has 0 unspecified atom stereocenters. The summed E-state index contributed by atoms with van der Waals surface area (Å²) in [6.07, 6.45) is -0.755. The maximum absolute atomic E-state index is 14.4. The Morgan fingerprint density at radius 1 is 0.907 bits per heavy atom. The van der Waals surface area contributed by atoms with E-state index in [2.05, 4.69) is 41.3 Å². The van der Waals surface area contributed by atoms with Crippen molar-refractivity contribution >= 4 is 39.9 Å². The minimum absolute atomic E-state index is 0. The molecule has 1 saturated carbocycles. The summed E-state index contributed by atoms with van der Waals surface area (Å²) < 4.78 is 71.7. The number of nitrogens with one attached hydrogen (secondary N) is 5. The van der Waals surface area contributed by atoms with E-state index in [4.69, 9.17) is 5.73 Å². The number of nitrogens with two attached hydrogens (primary N) is 1. The molecular formula is C36H43ClF3N9O4S. The van der Waals surface area contributed by atoms with Crippen LogP contribution in [-0.2, 0) is 32.2 Å². The number of H-pyrrole nitrogens is 1. The molecule has 0 bridgehead atoms. The molecule has 2 fully saturated rings. The summed E-state index contributed by atoms with van der Waals surface area (Å²) in [4.78, 5) is 26.6. The van der Waals surface area contributed by atoms with Gasteiger partial charge in [-0.05, 0) is 122 Å². The Kier molecular flexibility index (Phi) is 13.4. The fraction of sp³-hybridized carbons (Fsp3) is 0.417. The lowest BCUT2D eigenvalue weighted by molar-refractivity contribution is -0.137. The number of rotatable bonds is 12. The number of amides is 2. The zero-order chi connectivity index (χ0) is 37.6. The quantitative estimate of drug-likeness (QED) is 0.120. The zero-order valence-corrected chi connectivity index (χ0v) is 30.9. The number of halogens is 4. The number of benzene rings is 3. The predicted octanol–water partition coefficient (Wildman–Crippen LogP) is 4.44. The molecule has 3 aromatic carbocycles. The van der Waals surface area contributed by atoms with Gasteiger partial charge < -0.3 is 21.7 Å². The topological polar surface area (TPSA) is 197 Å². The van der Waals surface area contributed by atoms with Crippen LogP contribution in [-0.4, -0.2) is 72.6 Å². The third-order valence-electron chi connectivity index (χ3n) is 9.91. The molecule has 1 atom stereocenters. The number of hydrogen-bond donors (Lipinski definition) is 6. The van der Waals surface area contributed by atoms with Crippen LogP contribution in [0, 0.1) is 11.8 Å². The van der Waals surface area contributed by atoms with E-state index in [1.807, 2.05) is 0 Å². The maximum Gasteiger partial charge on any atom is 0.417 e. The molecule has 1 aliphatic heterocycles. The lowest BCUT2D eigenvalue weighted by atomic mass is 9.81. The van der Waals surface area contributed by atoms with Gasteiger partial charge >= 0.3 is 6.18 Å².